The molecular weight excluding hydrogens is 392 g/mol. The lowest BCUT2D eigenvalue weighted by Gasteiger charge is -2.39. The van der Waals surface area contributed by atoms with Crippen molar-refractivity contribution in [1.82, 2.24) is 19.9 Å². The lowest BCUT2D eigenvalue weighted by atomic mass is 10.0. The maximum absolute atomic E-state index is 6.08. The molecule has 0 radical (unpaired) electrons. The Morgan fingerprint density at radius 2 is 1.97 bits per heavy atom. The first-order chi connectivity index (χ1) is 14.7. The van der Waals surface area contributed by atoms with E-state index >= 15 is 0 Å². The van der Waals surface area contributed by atoms with Crippen molar-refractivity contribution in [2.24, 2.45) is 5.73 Å². The molecule has 4 aromatic rings. The molecule has 6 rings (SSSR count). The van der Waals surface area contributed by atoms with Crippen molar-refractivity contribution in [1.29, 1.82) is 0 Å². The van der Waals surface area contributed by atoms with E-state index in [1.165, 1.54) is 34.0 Å². The van der Waals surface area contributed by atoms with E-state index in [0.29, 0.717) is 0 Å². The summed E-state index contributed by atoms with van der Waals surface area (Å²) in [5.74, 6) is 1.00. The number of nitrogens with zero attached hydrogens (tertiary/aromatic N) is 5. The van der Waals surface area contributed by atoms with Gasteiger partial charge < -0.3 is 10.6 Å². The minimum atomic E-state index is 0.209. The molecular formula is C23H20N6S. The van der Waals surface area contributed by atoms with Gasteiger partial charge >= 0.3 is 0 Å². The first-order valence-electron chi connectivity index (χ1n) is 10.0. The van der Waals surface area contributed by atoms with E-state index in [-0.39, 0.29) is 6.04 Å². The molecule has 0 bridgehead atoms. The summed E-state index contributed by atoms with van der Waals surface area (Å²) >= 11 is 1.54. The SMILES string of the molecule is Cc1cccc2c1Cc1nc(Sc3cnc4cccnc4c3)nc(N3CC(N)C3)c1-2. The molecule has 0 amide bonds. The van der Waals surface area contributed by atoms with Crippen LogP contribution in [0.15, 0.2) is 58.8 Å². The van der Waals surface area contributed by atoms with Gasteiger partial charge in [0.25, 0.3) is 0 Å². The van der Waals surface area contributed by atoms with Gasteiger partial charge in [-0.25, -0.2) is 9.97 Å². The highest BCUT2D eigenvalue weighted by Gasteiger charge is 2.33. The standard InChI is InChI=1S/C23H20N6S/c1-13-4-2-5-16-17(13)9-20-21(16)22(29-11-14(24)12-29)28-23(27-20)30-15-8-19-18(26-10-15)6-3-7-25-19/h2-8,10,14H,9,11-12,24H2,1H3. The maximum Gasteiger partial charge on any atom is 0.194 e. The highest BCUT2D eigenvalue weighted by molar-refractivity contribution is 7.99. The molecule has 0 unspecified atom stereocenters. The zero-order chi connectivity index (χ0) is 20.2. The molecule has 0 saturated carbocycles. The number of rotatable bonds is 3. The number of aryl methyl sites for hydroxylation is 1. The number of hydrogen-bond donors (Lipinski definition) is 1. The molecule has 7 heteroatoms. The predicted molar refractivity (Wildman–Crippen MR) is 119 cm³/mol. The topological polar surface area (TPSA) is 80.8 Å². The fraction of sp³-hybridized carbons (Fsp3) is 0.217. The van der Waals surface area contributed by atoms with Gasteiger partial charge in [-0.05, 0) is 53.6 Å². The van der Waals surface area contributed by atoms with E-state index < -0.39 is 0 Å². The van der Waals surface area contributed by atoms with E-state index in [1.54, 1.807) is 6.20 Å². The van der Waals surface area contributed by atoms with Crippen LogP contribution in [0.1, 0.15) is 16.8 Å². The van der Waals surface area contributed by atoms with Crippen LogP contribution in [-0.4, -0.2) is 39.1 Å². The maximum atomic E-state index is 6.08. The predicted octanol–water partition coefficient (Wildman–Crippen LogP) is 3.60. The fourth-order valence-corrected chi connectivity index (χ4v) is 5.04. The molecule has 148 valence electrons. The second-order valence-corrected chi connectivity index (χ2v) is 8.95. The van der Waals surface area contributed by atoms with Gasteiger partial charge in [0.15, 0.2) is 5.16 Å². The van der Waals surface area contributed by atoms with Gasteiger partial charge in [-0.2, -0.15) is 0 Å². The quantitative estimate of drug-likeness (QED) is 0.454. The molecule has 6 nitrogen and oxygen atoms in total. The highest BCUT2D eigenvalue weighted by atomic mass is 32.2. The van der Waals surface area contributed by atoms with Crippen molar-refractivity contribution in [2.75, 3.05) is 18.0 Å². The molecule has 3 aromatic heterocycles. The van der Waals surface area contributed by atoms with Crippen molar-refractivity contribution in [3.8, 4) is 11.1 Å². The summed E-state index contributed by atoms with van der Waals surface area (Å²) in [6.07, 6.45) is 4.50. The van der Waals surface area contributed by atoms with Crippen LogP contribution in [0.4, 0.5) is 5.82 Å². The third kappa shape index (κ3) is 2.85. The number of hydrogen-bond acceptors (Lipinski definition) is 7. The zero-order valence-corrected chi connectivity index (χ0v) is 17.4. The van der Waals surface area contributed by atoms with Gasteiger partial charge in [-0.15, -0.1) is 0 Å². The molecule has 2 aliphatic rings. The molecule has 0 spiro atoms. The van der Waals surface area contributed by atoms with E-state index in [0.717, 1.165) is 52.1 Å². The summed E-state index contributed by atoms with van der Waals surface area (Å²) in [7, 11) is 0. The van der Waals surface area contributed by atoms with Gasteiger partial charge in [0.1, 0.15) is 5.82 Å². The molecule has 1 aliphatic carbocycles. The van der Waals surface area contributed by atoms with Crippen molar-refractivity contribution >= 4 is 28.6 Å². The molecule has 30 heavy (non-hydrogen) atoms. The largest absolute Gasteiger partial charge is 0.353 e. The number of aromatic nitrogens is 4. The minimum Gasteiger partial charge on any atom is -0.353 e. The summed E-state index contributed by atoms with van der Waals surface area (Å²) in [5.41, 5.74) is 14.0. The third-order valence-corrected chi connectivity index (χ3v) is 6.64. The lowest BCUT2D eigenvalue weighted by molar-refractivity contribution is 0.512. The zero-order valence-electron chi connectivity index (χ0n) is 16.5. The van der Waals surface area contributed by atoms with E-state index in [1.807, 2.05) is 24.4 Å². The molecule has 0 atom stereocenters. The molecule has 1 saturated heterocycles. The second kappa shape index (κ2) is 6.75. The Morgan fingerprint density at radius 3 is 2.83 bits per heavy atom. The molecule has 2 N–H and O–H groups in total. The van der Waals surface area contributed by atoms with Crippen molar-refractivity contribution < 1.29 is 0 Å². The molecule has 1 fully saturated rings. The van der Waals surface area contributed by atoms with Gasteiger partial charge in [0.2, 0.25) is 0 Å². The van der Waals surface area contributed by atoms with Crippen LogP contribution in [0.2, 0.25) is 0 Å². The second-order valence-electron chi connectivity index (χ2n) is 7.91. The van der Waals surface area contributed by atoms with Crippen molar-refractivity contribution in [3.05, 3.63) is 65.6 Å². The Bertz CT molecular complexity index is 1300. The molecule has 1 aliphatic heterocycles. The first kappa shape index (κ1) is 17.8. The average Bonchev–Trinajstić information content (AvgIpc) is 3.11. The van der Waals surface area contributed by atoms with Crippen LogP contribution in [0.5, 0.6) is 0 Å². The van der Waals surface area contributed by atoms with Gasteiger partial charge in [-0.1, -0.05) is 18.2 Å². The van der Waals surface area contributed by atoms with Crippen LogP contribution < -0.4 is 10.6 Å². The summed E-state index contributed by atoms with van der Waals surface area (Å²) in [4.78, 5) is 22.1. The monoisotopic (exact) mass is 412 g/mol. The van der Waals surface area contributed by atoms with Crippen LogP contribution in [-0.2, 0) is 6.42 Å². The summed E-state index contributed by atoms with van der Waals surface area (Å²) in [5, 5.41) is 0.742. The van der Waals surface area contributed by atoms with Gasteiger partial charge in [0.05, 0.1) is 16.7 Å². The van der Waals surface area contributed by atoms with Crippen LogP contribution in [0.3, 0.4) is 0 Å². The van der Waals surface area contributed by atoms with E-state index in [4.69, 9.17) is 15.7 Å². The highest BCUT2D eigenvalue weighted by Crippen LogP contribution is 2.44. The van der Waals surface area contributed by atoms with Gasteiger partial charge in [-0.3, -0.25) is 9.97 Å². The van der Waals surface area contributed by atoms with E-state index in [9.17, 15) is 0 Å². The Balaban J connectivity index is 1.43. The Hall–Kier alpha value is -3.03. The Kier molecular flexibility index (Phi) is 4.01. The van der Waals surface area contributed by atoms with Crippen molar-refractivity contribution in [2.45, 2.75) is 29.4 Å². The smallest absolute Gasteiger partial charge is 0.194 e. The average molecular weight is 413 g/mol. The summed E-state index contributed by atoms with van der Waals surface area (Å²) in [6.45, 7) is 3.83. The van der Waals surface area contributed by atoms with E-state index in [2.05, 4.69) is 40.0 Å². The van der Waals surface area contributed by atoms with Crippen LogP contribution >= 0.6 is 11.8 Å². The van der Waals surface area contributed by atoms with Gasteiger partial charge in [0, 0.05) is 48.4 Å². The fourth-order valence-electron chi connectivity index (χ4n) is 4.27. The normalized spacial score (nSPS) is 15.2. The number of anilines is 1. The molecule has 4 heterocycles. The van der Waals surface area contributed by atoms with Crippen LogP contribution in [0.25, 0.3) is 22.2 Å². The third-order valence-electron chi connectivity index (χ3n) is 5.81. The molecule has 1 aromatic carbocycles. The van der Waals surface area contributed by atoms with Crippen LogP contribution in [0, 0.1) is 6.92 Å². The Labute approximate surface area is 178 Å². The number of benzene rings is 1. The first-order valence-corrected chi connectivity index (χ1v) is 10.9. The summed E-state index contributed by atoms with van der Waals surface area (Å²) in [6, 6.07) is 12.6. The minimum absolute atomic E-state index is 0.209. The number of nitrogens with two attached hydrogens (primary N) is 1. The number of pyridine rings is 2. The summed E-state index contributed by atoms with van der Waals surface area (Å²) < 4.78 is 0. The number of fused-ring (bicyclic) bond motifs is 4. The Morgan fingerprint density at radius 1 is 1.07 bits per heavy atom. The van der Waals surface area contributed by atoms with Crippen molar-refractivity contribution in [3.63, 3.8) is 0 Å². The lowest BCUT2D eigenvalue weighted by Crippen LogP contribution is -2.56.